The number of nitrogens with zero attached hydrogens (tertiary/aromatic N) is 3. The maximum atomic E-state index is 13.3. The molecule has 0 aliphatic carbocycles. The van der Waals surface area contributed by atoms with Crippen LogP contribution in [0.4, 0.5) is 0 Å². The largest absolute Gasteiger partial charge is 0.493 e. The fourth-order valence-electron chi connectivity index (χ4n) is 4.58. The van der Waals surface area contributed by atoms with Gasteiger partial charge in [0.2, 0.25) is 0 Å². The number of pyridine rings is 2. The van der Waals surface area contributed by atoms with Crippen molar-refractivity contribution < 1.29 is 14.3 Å². The highest BCUT2D eigenvalue weighted by Crippen LogP contribution is 2.31. The minimum atomic E-state index is 0.0208. The number of carbonyl (C=O) groups is 1. The van der Waals surface area contributed by atoms with Crippen LogP contribution in [0, 0.1) is 5.92 Å². The lowest BCUT2D eigenvalue weighted by Gasteiger charge is -2.18. The average Bonchev–Trinajstić information content (AvgIpc) is 3.36. The number of benzene rings is 2. The molecule has 2 aromatic carbocycles. The van der Waals surface area contributed by atoms with Gasteiger partial charge in [0.05, 0.1) is 18.3 Å². The highest BCUT2D eigenvalue weighted by Gasteiger charge is 2.28. The molecule has 0 saturated carbocycles. The zero-order valence-corrected chi connectivity index (χ0v) is 19.2. The summed E-state index contributed by atoms with van der Waals surface area (Å²) < 4.78 is 11.4. The number of hydrogen-bond donors (Lipinski definition) is 0. The molecule has 1 aliphatic heterocycles. The molecule has 1 fully saturated rings. The third-order valence-corrected chi connectivity index (χ3v) is 6.33. The number of carbonyl (C=O) groups excluding carboxylic acids is 1. The third kappa shape index (κ3) is 4.71. The second-order valence-corrected chi connectivity index (χ2v) is 8.57. The molecule has 1 atom stereocenters. The van der Waals surface area contributed by atoms with E-state index in [1.165, 1.54) is 10.9 Å². The van der Waals surface area contributed by atoms with Crippen LogP contribution >= 0.6 is 0 Å². The highest BCUT2D eigenvalue weighted by molar-refractivity contribution is 5.95. The first-order chi connectivity index (χ1) is 16.7. The van der Waals surface area contributed by atoms with Crippen molar-refractivity contribution in [3.63, 3.8) is 0 Å². The number of ether oxygens (including phenoxy) is 2. The maximum Gasteiger partial charge on any atom is 0.254 e. The first-order valence-electron chi connectivity index (χ1n) is 11.5. The monoisotopic (exact) mass is 453 g/mol. The molecule has 172 valence electrons. The summed E-state index contributed by atoms with van der Waals surface area (Å²) in [6.07, 6.45) is 5.48. The number of methoxy groups -OCH3 is 1. The summed E-state index contributed by atoms with van der Waals surface area (Å²) in [6.45, 7) is 1.80. The lowest BCUT2D eigenvalue weighted by Crippen LogP contribution is -2.29. The molecule has 0 spiro atoms. The fraction of sp³-hybridized carbons (Fsp3) is 0.250. The molecule has 0 N–H and O–H groups in total. The van der Waals surface area contributed by atoms with E-state index in [2.05, 4.69) is 28.2 Å². The normalized spacial score (nSPS) is 15.4. The Labute approximate surface area is 199 Å². The Kier molecular flexibility index (Phi) is 6.38. The van der Waals surface area contributed by atoms with Crippen molar-refractivity contribution in [3.05, 3.63) is 95.9 Å². The summed E-state index contributed by atoms with van der Waals surface area (Å²) in [5, 5.41) is 1.19. The topological polar surface area (TPSA) is 64.5 Å². The van der Waals surface area contributed by atoms with Gasteiger partial charge in [-0.15, -0.1) is 0 Å². The fourth-order valence-corrected chi connectivity index (χ4v) is 4.58. The van der Waals surface area contributed by atoms with Gasteiger partial charge in [0.1, 0.15) is 6.61 Å². The summed E-state index contributed by atoms with van der Waals surface area (Å²) in [5.41, 5.74) is 3.72. The maximum absolute atomic E-state index is 13.3. The Morgan fingerprint density at radius 3 is 2.76 bits per heavy atom. The van der Waals surface area contributed by atoms with Gasteiger partial charge in [-0.3, -0.25) is 14.8 Å². The Balaban J connectivity index is 1.27. The van der Waals surface area contributed by atoms with E-state index >= 15 is 0 Å². The van der Waals surface area contributed by atoms with Crippen molar-refractivity contribution in [3.8, 4) is 11.5 Å². The SMILES string of the molecule is COc1ccc(C(=O)N2CCC(Cc3cccc4ncccc34)C2)cc1OCc1ccccn1. The van der Waals surface area contributed by atoms with E-state index in [0.29, 0.717) is 29.6 Å². The van der Waals surface area contributed by atoms with Gasteiger partial charge in [0.25, 0.3) is 5.91 Å². The molecule has 6 heteroatoms. The van der Waals surface area contributed by atoms with Gasteiger partial charge in [-0.2, -0.15) is 0 Å². The van der Waals surface area contributed by atoms with Crippen molar-refractivity contribution in [1.29, 1.82) is 0 Å². The second kappa shape index (κ2) is 9.91. The zero-order chi connectivity index (χ0) is 23.3. The second-order valence-electron chi connectivity index (χ2n) is 8.57. The number of hydrogen-bond acceptors (Lipinski definition) is 5. The summed E-state index contributed by atoms with van der Waals surface area (Å²) in [5.74, 6) is 1.58. The van der Waals surface area contributed by atoms with Crippen LogP contribution < -0.4 is 9.47 Å². The van der Waals surface area contributed by atoms with E-state index in [4.69, 9.17) is 9.47 Å². The molecule has 1 amide bonds. The third-order valence-electron chi connectivity index (χ3n) is 6.33. The van der Waals surface area contributed by atoms with Gasteiger partial charge in [0, 0.05) is 36.4 Å². The number of aromatic nitrogens is 2. The Bertz CT molecular complexity index is 1290. The first kappa shape index (κ1) is 21.9. The number of rotatable bonds is 7. The zero-order valence-electron chi connectivity index (χ0n) is 19.2. The minimum absolute atomic E-state index is 0.0208. The van der Waals surface area contributed by atoms with Crippen LogP contribution in [0.5, 0.6) is 11.5 Å². The predicted octanol–water partition coefficient (Wildman–Crippen LogP) is 4.92. The molecule has 4 aromatic rings. The lowest BCUT2D eigenvalue weighted by molar-refractivity contribution is 0.0786. The molecule has 0 bridgehead atoms. The van der Waals surface area contributed by atoms with E-state index in [-0.39, 0.29) is 5.91 Å². The molecule has 6 nitrogen and oxygen atoms in total. The number of likely N-dealkylation sites (tertiary alicyclic amines) is 1. The van der Waals surface area contributed by atoms with Crippen molar-refractivity contribution in [2.45, 2.75) is 19.4 Å². The lowest BCUT2D eigenvalue weighted by atomic mass is 9.96. The standard InChI is InChI=1S/C28H27N3O3/c1-33-26-11-10-22(17-27(26)34-19-23-7-2-3-13-29-23)28(32)31-15-12-20(18-31)16-21-6-4-9-25-24(21)8-5-14-30-25/h2-11,13-14,17,20H,12,15-16,18-19H2,1H3. The van der Waals surface area contributed by atoms with E-state index in [0.717, 1.165) is 37.1 Å². The summed E-state index contributed by atoms with van der Waals surface area (Å²) in [6, 6.07) is 21.4. The molecular formula is C28H27N3O3. The van der Waals surface area contributed by atoms with Gasteiger partial charge in [-0.05, 0) is 66.8 Å². The quantitative estimate of drug-likeness (QED) is 0.397. The van der Waals surface area contributed by atoms with Crippen molar-refractivity contribution in [1.82, 2.24) is 14.9 Å². The Morgan fingerprint density at radius 1 is 1.00 bits per heavy atom. The smallest absolute Gasteiger partial charge is 0.254 e. The molecule has 1 aliphatic rings. The van der Waals surface area contributed by atoms with Crippen LogP contribution in [0.3, 0.4) is 0 Å². The number of amides is 1. The van der Waals surface area contributed by atoms with Crippen molar-refractivity contribution in [2.75, 3.05) is 20.2 Å². The first-order valence-corrected chi connectivity index (χ1v) is 11.5. The molecule has 2 aromatic heterocycles. The van der Waals surface area contributed by atoms with Gasteiger partial charge in [-0.25, -0.2) is 0 Å². The minimum Gasteiger partial charge on any atom is -0.493 e. The number of fused-ring (bicyclic) bond motifs is 1. The average molecular weight is 454 g/mol. The van der Waals surface area contributed by atoms with Crippen LogP contribution in [0.2, 0.25) is 0 Å². The molecule has 34 heavy (non-hydrogen) atoms. The van der Waals surface area contributed by atoms with Crippen molar-refractivity contribution >= 4 is 16.8 Å². The molecular weight excluding hydrogens is 426 g/mol. The van der Waals surface area contributed by atoms with Crippen LogP contribution in [-0.4, -0.2) is 41.0 Å². The highest BCUT2D eigenvalue weighted by atomic mass is 16.5. The van der Waals surface area contributed by atoms with Crippen molar-refractivity contribution in [2.24, 2.45) is 5.92 Å². The van der Waals surface area contributed by atoms with Crippen LogP contribution in [0.1, 0.15) is 28.0 Å². The van der Waals surface area contributed by atoms with Gasteiger partial charge < -0.3 is 14.4 Å². The van der Waals surface area contributed by atoms with E-state index in [9.17, 15) is 4.79 Å². The summed E-state index contributed by atoms with van der Waals surface area (Å²) in [4.78, 5) is 24.0. The van der Waals surface area contributed by atoms with Gasteiger partial charge in [-0.1, -0.05) is 24.3 Å². The molecule has 3 heterocycles. The predicted molar refractivity (Wildman–Crippen MR) is 131 cm³/mol. The summed E-state index contributed by atoms with van der Waals surface area (Å²) >= 11 is 0. The summed E-state index contributed by atoms with van der Waals surface area (Å²) in [7, 11) is 1.60. The Hall–Kier alpha value is -3.93. The van der Waals surface area contributed by atoms with Crippen LogP contribution in [0.25, 0.3) is 10.9 Å². The molecule has 0 radical (unpaired) electrons. The van der Waals surface area contributed by atoms with Gasteiger partial charge >= 0.3 is 0 Å². The Morgan fingerprint density at radius 2 is 1.91 bits per heavy atom. The molecule has 1 saturated heterocycles. The van der Waals surface area contributed by atoms with E-state index in [1.54, 1.807) is 31.5 Å². The molecule has 1 unspecified atom stereocenters. The van der Waals surface area contributed by atoms with Crippen LogP contribution in [0.15, 0.2) is 79.1 Å². The van der Waals surface area contributed by atoms with E-state index < -0.39 is 0 Å². The van der Waals surface area contributed by atoms with Gasteiger partial charge in [0.15, 0.2) is 11.5 Å². The van der Waals surface area contributed by atoms with Crippen LogP contribution in [-0.2, 0) is 13.0 Å². The van der Waals surface area contributed by atoms with E-state index in [1.807, 2.05) is 41.4 Å². The molecule has 5 rings (SSSR count).